The number of nitrogens with one attached hydrogen (secondary N) is 2. The third-order valence-electron chi connectivity index (χ3n) is 2.59. The molecule has 0 aromatic carbocycles. The van der Waals surface area contributed by atoms with Gasteiger partial charge in [0.15, 0.2) is 15.1 Å². The summed E-state index contributed by atoms with van der Waals surface area (Å²) in [4.78, 5) is 15.1. The number of nitrogens with two attached hydrogens (primary N) is 1. The van der Waals surface area contributed by atoms with E-state index in [0.717, 1.165) is 19.4 Å². The molecular formula is C10H14N6OS2. The zero-order valence-electron chi connectivity index (χ0n) is 10.3. The van der Waals surface area contributed by atoms with Crippen LogP contribution in [0.3, 0.4) is 0 Å². The fraction of sp³-hybridized carbons (Fsp3) is 0.400. The molecule has 0 saturated heterocycles. The monoisotopic (exact) mass is 298 g/mol. The Hall–Kier alpha value is -1.74. The summed E-state index contributed by atoms with van der Waals surface area (Å²) in [5.41, 5.74) is 8.14. The number of hydrogen-bond acceptors (Lipinski definition) is 5. The summed E-state index contributed by atoms with van der Waals surface area (Å²) in [5.74, 6) is 0. The molecular weight excluding hydrogens is 284 g/mol. The highest BCUT2D eigenvalue weighted by Crippen LogP contribution is 2.18. The summed E-state index contributed by atoms with van der Waals surface area (Å²) >= 11 is 6.61. The van der Waals surface area contributed by atoms with E-state index in [1.165, 1.54) is 22.3 Å². The number of rotatable bonds is 4. The molecule has 0 unspecified atom stereocenters. The van der Waals surface area contributed by atoms with Gasteiger partial charge in [-0.25, -0.2) is 19.9 Å². The molecule has 4 N–H and O–H groups in total. The molecule has 2 rings (SSSR count). The van der Waals surface area contributed by atoms with Crippen molar-refractivity contribution in [2.24, 2.45) is 5.73 Å². The number of primary amides is 1. The normalized spacial score (nSPS) is 10.8. The number of unbranched alkanes of at least 4 members (excludes halogenated alkanes) is 1. The van der Waals surface area contributed by atoms with Crippen molar-refractivity contribution < 1.29 is 4.79 Å². The van der Waals surface area contributed by atoms with Gasteiger partial charge in [0.1, 0.15) is 11.0 Å². The van der Waals surface area contributed by atoms with Gasteiger partial charge in [0.25, 0.3) is 0 Å². The van der Waals surface area contributed by atoms with Gasteiger partial charge >= 0.3 is 6.03 Å². The molecule has 0 fully saturated rings. The molecule has 9 heteroatoms. The maximum absolute atomic E-state index is 10.8. The third-order valence-corrected chi connectivity index (χ3v) is 4.03. The summed E-state index contributed by atoms with van der Waals surface area (Å²) in [6, 6.07) is -0.742. The first-order valence-corrected chi connectivity index (χ1v) is 6.99. The SMILES string of the molecule is CCCCn1c(=S)sc2c(=N)n(NC(N)=O)cnc21. The molecule has 0 saturated carbocycles. The Morgan fingerprint density at radius 3 is 3.05 bits per heavy atom. The van der Waals surface area contributed by atoms with Crippen molar-refractivity contribution in [2.45, 2.75) is 26.3 Å². The molecule has 0 bridgehead atoms. The number of nitrogens with zero attached hydrogens (tertiary/aromatic N) is 3. The molecule has 0 spiro atoms. The highest BCUT2D eigenvalue weighted by molar-refractivity contribution is 7.73. The molecule has 102 valence electrons. The van der Waals surface area contributed by atoms with Crippen LogP contribution in [0.15, 0.2) is 6.33 Å². The van der Waals surface area contributed by atoms with Gasteiger partial charge in [-0.1, -0.05) is 24.7 Å². The van der Waals surface area contributed by atoms with Crippen LogP contribution in [0.1, 0.15) is 19.8 Å². The fourth-order valence-corrected chi connectivity index (χ4v) is 3.02. The Morgan fingerprint density at radius 1 is 1.68 bits per heavy atom. The van der Waals surface area contributed by atoms with E-state index in [2.05, 4.69) is 17.3 Å². The molecule has 0 atom stereocenters. The number of fused-ring (bicyclic) bond motifs is 1. The van der Waals surface area contributed by atoms with Crippen molar-refractivity contribution in [3.8, 4) is 0 Å². The first kappa shape index (κ1) is 13.7. The van der Waals surface area contributed by atoms with Crippen LogP contribution >= 0.6 is 23.6 Å². The Morgan fingerprint density at radius 2 is 2.42 bits per heavy atom. The summed E-state index contributed by atoms with van der Waals surface area (Å²) in [5, 5.41) is 8.02. The maximum Gasteiger partial charge on any atom is 0.331 e. The third kappa shape index (κ3) is 2.66. The maximum atomic E-state index is 10.8. The van der Waals surface area contributed by atoms with Crippen LogP contribution in [-0.4, -0.2) is 20.3 Å². The number of carbonyl (C=O) groups is 1. The first-order valence-electron chi connectivity index (χ1n) is 5.76. The van der Waals surface area contributed by atoms with Crippen LogP contribution in [0.4, 0.5) is 4.79 Å². The highest BCUT2D eigenvalue weighted by Gasteiger charge is 2.10. The van der Waals surface area contributed by atoms with Crippen LogP contribution in [0, 0.1) is 9.36 Å². The zero-order chi connectivity index (χ0) is 14.0. The Bertz CT molecular complexity index is 728. The van der Waals surface area contributed by atoms with E-state index in [1.54, 1.807) is 0 Å². The number of carbonyl (C=O) groups excluding carboxylic acids is 1. The minimum Gasteiger partial charge on any atom is -0.350 e. The number of aromatic nitrogens is 3. The van der Waals surface area contributed by atoms with E-state index in [9.17, 15) is 4.79 Å². The quantitative estimate of drug-likeness (QED) is 0.746. The Balaban J connectivity index is 2.56. The van der Waals surface area contributed by atoms with Gasteiger partial charge in [-0.2, -0.15) is 0 Å². The fourth-order valence-electron chi connectivity index (χ4n) is 1.68. The first-order chi connectivity index (χ1) is 9.04. The van der Waals surface area contributed by atoms with Gasteiger partial charge in [-0.05, 0) is 18.6 Å². The molecule has 2 aromatic heterocycles. The van der Waals surface area contributed by atoms with E-state index in [0.29, 0.717) is 14.3 Å². The lowest BCUT2D eigenvalue weighted by molar-refractivity contribution is 0.256. The van der Waals surface area contributed by atoms with Crippen molar-refractivity contribution in [2.75, 3.05) is 5.43 Å². The van der Waals surface area contributed by atoms with Crippen LogP contribution < -0.4 is 16.6 Å². The van der Waals surface area contributed by atoms with Crippen LogP contribution in [0.5, 0.6) is 0 Å². The second-order valence-electron chi connectivity index (χ2n) is 3.97. The van der Waals surface area contributed by atoms with E-state index in [-0.39, 0.29) is 5.49 Å². The van der Waals surface area contributed by atoms with Gasteiger partial charge in [-0.3, -0.25) is 5.41 Å². The van der Waals surface area contributed by atoms with Crippen molar-refractivity contribution >= 4 is 39.9 Å². The Labute approximate surface area is 118 Å². The molecule has 19 heavy (non-hydrogen) atoms. The number of urea groups is 1. The molecule has 0 aliphatic carbocycles. The average Bonchev–Trinajstić information content (AvgIpc) is 2.67. The van der Waals surface area contributed by atoms with Crippen molar-refractivity contribution in [1.29, 1.82) is 5.41 Å². The lowest BCUT2D eigenvalue weighted by Gasteiger charge is -2.07. The molecule has 0 aliphatic rings. The Kier molecular flexibility index (Phi) is 3.96. The highest BCUT2D eigenvalue weighted by atomic mass is 32.1. The number of hydrogen-bond donors (Lipinski definition) is 3. The van der Waals surface area contributed by atoms with Gasteiger partial charge in [0.05, 0.1) is 0 Å². The molecule has 7 nitrogen and oxygen atoms in total. The van der Waals surface area contributed by atoms with Gasteiger partial charge in [0.2, 0.25) is 0 Å². The largest absolute Gasteiger partial charge is 0.350 e. The second kappa shape index (κ2) is 5.49. The van der Waals surface area contributed by atoms with E-state index >= 15 is 0 Å². The van der Waals surface area contributed by atoms with Gasteiger partial charge in [-0.15, -0.1) is 0 Å². The topological polar surface area (TPSA) is 102 Å². The van der Waals surface area contributed by atoms with Crippen molar-refractivity contribution in [3.63, 3.8) is 0 Å². The van der Waals surface area contributed by atoms with Crippen LogP contribution in [-0.2, 0) is 6.54 Å². The van der Waals surface area contributed by atoms with Gasteiger partial charge in [0, 0.05) is 6.54 Å². The van der Waals surface area contributed by atoms with Crippen molar-refractivity contribution in [3.05, 3.63) is 15.8 Å². The lowest BCUT2D eigenvalue weighted by atomic mass is 10.3. The molecule has 0 aliphatic heterocycles. The smallest absolute Gasteiger partial charge is 0.331 e. The van der Waals surface area contributed by atoms with E-state index < -0.39 is 6.03 Å². The zero-order valence-corrected chi connectivity index (χ0v) is 12.0. The molecule has 2 amide bonds. The van der Waals surface area contributed by atoms with Crippen LogP contribution in [0.25, 0.3) is 10.3 Å². The summed E-state index contributed by atoms with van der Waals surface area (Å²) < 4.78 is 4.42. The van der Waals surface area contributed by atoms with E-state index in [1.807, 2.05) is 4.57 Å². The minimum absolute atomic E-state index is 0.121. The molecule has 2 aromatic rings. The van der Waals surface area contributed by atoms with Crippen molar-refractivity contribution in [1.82, 2.24) is 14.2 Å². The minimum atomic E-state index is -0.742. The molecule has 2 heterocycles. The van der Waals surface area contributed by atoms with Gasteiger partial charge < -0.3 is 10.3 Å². The van der Waals surface area contributed by atoms with Crippen LogP contribution in [0.2, 0.25) is 0 Å². The predicted molar refractivity (Wildman–Crippen MR) is 76.1 cm³/mol. The van der Waals surface area contributed by atoms with E-state index in [4.69, 9.17) is 23.4 Å². The molecule has 0 radical (unpaired) electrons. The standard InChI is InChI=1S/C10H14N6OS2/c1-2-3-4-15-8-6(19-10(15)18)7(11)16(5-13-8)14-9(12)17/h5,11H,2-4H2,1H3,(H3,12,14,17). The summed E-state index contributed by atoms with van der Waals surface area (Å²) in [7, 11) is 0. The number of thiazole rings is 1. The average molecular weight is 298 g/mol. The lowest BCUT2D eigenvalue weighted by Crippen LogP contribution is -2.36. The summed E-state index contributed by atoms with van der Waals surface area (Å²) in [6.07, 6.45) is 3.42. The number of aryl methyl sites for hydroxylation is 1. The summed E-state index contributed by atoms with van der Waals surface area (Å²) in [6.45, 7) is 2.89. The predicted octanol–water partition coefficient (Wildman–Crippen LogP) is 1.53. The number of amides is 2. The second-order valence-corrected chi connectivity index (χ2v) is 5.61.